The summed E-state index contributed by atoms with van der Waals surface area (Å²) in [5, 5.41) is 6.40. The van der Waals surface area contributed by atoms with Crippen LogP contribution in [0.5, 0.6) is 0 Å². The molecule has 1 aliphatic carbocycles. The Bertz CT molecular complexity index is 253. The van der Waals surface area contributed by atoms with E-state index >= 15 is 0 Å². The van der Waals surface area contributed by atoms with Crippen molar-refractivity contribution in [3.8, 4) is 0 Å². The molecule has 0 spiro atoms. The summed E-state index contributed by atoms with van der Waals surface area (Å²) in [4.78, 5) is 14.1. The summed E-state index contributed by atoms with van der Waals surface area (Å²) >= 11 is 0. The lowest BCUT2D eigenvalue weighted by atomic mass is 9.83. The highest BCUT2D eigenvalue weighted by Gasteiger charge is 2.21. The highest BCUT2D eigenvalue weighted by molar-refractivity contribution is 5.76. The third-order valence-corrected chi connectivity index (χ3v) is 4.17. The minimum absolute atomic E-state index is 0.213. The van der Waals surface area contributed by atoms with Crippen molar-refractivity contribution in [2.24, 2.45) is 5.92 Å². The quantitative estimate of drug-likeness (QED) is 0.738. The first-order valence-corrected chi connectivity index (χ1v) is 6.93. The zero-order valence-corrected chi connectivity index (χ0v) is 10.9. The molecule has 1 saturated heterocycles. The lowest BCUT2D eigenvalue weighted by Crippen LogP contribution is -2.51. The lowest BCUT2D eigenvalue weighted by Gasteiger charge is -2.32. The lowest BCUT2D eigenvalue weighted by molar-refractivity contribution is -0.122. The topological polar surface area (TPSA) is 44.4 Å². The van der Waals surface area contributed by atoms with Gasteiger partial charge in [0.25, 0.3) is 0 Å². The molecule has 0 aromatic heterocycles. The maximum absolute atomic E-state index is 11.8. The van der Waals surface area contributed by atoms with Gasteiger partial charge in [0, 0.05) is 38.6 Å². The summed E-state index contributed by atoms with van der Waals surface area (Å²) in [6, 6.07) is 0.368. The van der Waals surface area contributed by atoms with Crippen LogP contribution in [0.15, 0.2) is 0 Å². The average molecular weight is 239 g/mol. The molecule has 2 aliphatic rings. The van der Waals surface area contributed by atoms with Crippen LogP contribution in [0.1, 0.15) is 32.1 Å². The first kappa shape index (κ1) is 12.8. The van der Waals surface area contributed by atoms with Crippen LogP contribution in [0.4, 0.5) is 0 Å². The highest BCUT2D eigenvalue weighted by atomic mass is 16.1. The van der Waals surface area contributed by atoms with Crippen molar-refractivity contribution in [1.82, 2.24) is 15.5 Å². The number of carbonyl (C=O) groups excluding carboxylic acids is 1. The normalized spacial score (nSPS) is 26.5. The van der Waals surface area contributed by atoms with Gasteiger partial charge < -0.3 is 15.5 Å². The van der Waals surface area contributed by atoms with E-state index in [-0.39, 0.29) is 5.91 Å². The van der Waals surface area contributed by atoms with Crippen LogP contribution in [0.25, 0.3) is 0 Å². The molecule has 0 aromatic carbocycles. The number of likely N-dealkylation sites (N-methyl/N-ethyl adjacent to an activating group) is 1. The number of nitrogens with zero attached hydrogens (tertiary/aromatic N) is 1. The molecule has 1 aliphatic heterocycles. The molecule has 1 saturated carbocycles. The zero-order chi connectivity index (χ0) is 12.1. The molecule has 2 N–H and O–H groups in total. The van der Waals surface area contributed by atoms with E-state index in [1.54, 1.807) is 0 Å². The molecular weight excluding hydrogens is 214 g/mol. The number of carbonyl (C=O) groups is 1. The van der Waals surface area contributed by atoms with E-state index < -0.39 is 0 Å². The number of rotatable bonds is 5. The third kappa shape index (κ3) is 3.96. The van der Waals surface area contributed by atoms with E-state index in [2.05, 4.69) is 22.6 Å². The molecule has 4 heteroatoms. The number of hydrogen-bond acceptors (Lipinski definition) is 3. The molecule has 1 unspecified atom stereocenters. The second kappa shape index (κ2) is 6.36. The number of piperazine rings is 1. The molecule has 4 nitrogen and oxygen atoms in total. The van der Waals surface area contributed by atoms with Gasteiger partial charge in [-0.05, 0) is 19.4 Å². The van der Waals surface area contributed by atoms with Crippen molar-refractivity contribution in [3.63, 3.8) is 0 Å². The van der Waals surface area contributed by atoms with Gasteiger partial charge in [0.1, 0.15) is 0 Å². The third-order valence-electron chi connectivity index (χ3n) is 4.17. The molecule has 17 heavy (non-hydrogen) atoms. The predicted octanol–water partition coefficient (Wildman–Crippen LogP) is 0.586. The van der Waals surface area contributed by atoms with Gasteiger partial charge in [-0.15, -0.1) is 0 Å². The van der Waals surface area contributed by atoms with Gasteiger partial charge in [-0.3, -0.25) is 4.79 Å². The van der Waals surface area contributed by atoms with E-state index in [1.807, 2.05) is 0 Å². The number of amides is 1. The molecule has 1 amide bonds. The highest BCUT2D eigenvalue weighted by Crippen LogP contribution is 2.28. The Kier molecular flexibility index (Phi) is 4.80. The smallest absolute Gasteiger partial charge is 0.221 e. The average Bonchev–Trinajstić information content (AvgIpc) is 2.25. The van der Waals surface area contributed by atoms with Crippen molar-refractivity contribution < 1.29 is 4.79 Å². The maximum atomic E-state index is 11.8. The summed E-state index contributed by atoms with van der Waals surface area (Å²) in [6.07, 6.45) is 5.92. The van der Waals surface area contributed by atoms with Gasteiger partial charge in [0.15, 0.2) is 0 Å². The predicted molar refractivity (Wildman–Crippen MR) is 68.9 cm³/mol. The fourth-order valence-corrected chi connectivity index (χ4v) is 2.57. The Labute approximate surface area is 104 Å². The number of nitrogens with one attached hydrogen (secondary N) is 2. The van der Waals surface area contributed by atoms with Crippen molar-refractivity contribution in [3.05, 3.63) is 0 Å². The standard InChI is InChI=1S/C13H25N3O/c1-16-8-7-14-10-12(16)9-13(17)15-6-5-11-3-2-4-11/h11-12,14H,2-10H2,1H3,(H,15,17). The Morgan fingerprint density at radius 1 is 1.47 bits per heavy atom. The van der Waals surface area contributed by atoms with Gasteiger partial charge >= 0.3 is 0 Å². The summed E-state index contributed by atoms with van der Waals surface area (Å²) in [5.74, 6) is 1.10. The van der Waals surface area contributed by atoms with E-state index in [4.69, 9.17) is 0 Å². The first-order chi connectivity index (χ1) is 8.25. The monoisotopic (exact) mass is 239 g/mol. The molecule has 0 bridgehead atoms. The van der Waals surface area contributed by atoms with Crippen LogP contribution >= 0.6 is 0 Å². The van der Waals surface area contributed by atoms with Crippen molar-refractivity contribution in [1.29, 1.82) is 0 Å². The minimum Gasteiger partial charge on any atom is -0.356 e. The van der Waals surface area contributed by atoms with Gasteiger partial charge in [0.2, 0.25) is 5.91 Å². The van der Waals surface area contributed by atoms with Crippen LogP contribution in [0.3, 0.4) is 0 Å². The Hall–Kier alpha value is -0.610. The Balaban J connectivity index is 1.58. The Morgan fingerprint density at radius 2 is 2.29 bits per heavy atom. The van der Waals surface area contributed by atoms with Crippen LogP contribution in [0, 0.1) is 5.92 Å². The second-order valence-electron chi connectivity index (χ2n) is 5.48. The van der Waals surface area contributed by atoms with Crippen LogP contribution in [-0.4, -0.2) is 50.1 Å². The fourth-order valence-electron chi connectivity index (χ4n) is 2.57. The molecule has 0 radical (unpaired) electrons. The van der Waals surface area contributed by atoms with Gasteiger partial charge in [-0.25, -0.2) is 0 Å². The summed E-state index contributed by atoms with van der Waals surface area (Å²) < 4.78 is 0. The van der Waals surface area contributed by atoms with Crippen molar-refractivity contribution >= 4 is 5.91 Å². The largest absolute Gasteiger partial charge is 0.356 e. The molecule has 2 fully saturated rings. The Morgan fingerprint density at radius 3 is 2.94 bits per heavy atom. The van der Waals surface area contributed by atoms with E-state index in [0.717, 1.165) is 32.1 Å². The van der Waals surface area contributed by atoms with Crippen LogP contribution in [-0.2, 0) is 4.79 Å². The van der Waals surface area contributed by atoms with E-state index in [1.165, 1.54) is 25.7 Å². The summed E-state index contributed by atoms with van der Waals surface area (Å²) in [6.45, 7) is 3.89. The minimum atomic E-state index is 0.213. The SMILES string of the molecule is CN1CCNCC1CC(=O)NCCC1CCC1. The van der Waals surface area contributed by atoms with Gasteiger partial charge in [-0.1, -0.05) is 19.3 Å². The second-order valence-corrected chi connectivity index (χ2v) is 5.48. The molecular formula is C13H25N3O. The molecule has 0 aromatic rings. The molecule has 98 valence electrons. The summed E-state index contributed by atoms with van der Waals surface area (Å²) in [7, 11) is 2.10. The molecule has 1 atom stereocenters. The maximum Gasteiger partial charge on any atom is 0.221 e. The fraction of sp³-hybridized carbons (Fsp3) is 0.923. The van der Waals surface area contributed by atoms with Crippen molar-refractivity contribution in [2.45, 2.75) is 38.1 Å². The first-order valence-electron chi connectivity index (χ1n) is 6.93. The van der Waals surface area contributed by atoms with Crippen LogP contribution < -0.4 is 10.6 Å². The van der Waals surface area contributed by atoms with Crippen LogP contribution in [0.2, 0.25) is 0 Å². The molecule has 1 heterocycles. The van der Waals surface area contributed by atoms with E-state index in [9.17, 15) is 4.79 Å². The zero-order valence-electron chi connectivity index (χ0n) is 10.9. The molecule has 2 rings (SSSR count). The van der Waals surface area contributed by atoms with Crippen molar-refractivity contribution in [2.75, 3.05) is 33.2 Å². The summed E-state index contributed by atoms with van der Waals surface area (Å²) in [5.41, 5.74) is 0. The van der Waals surface area contributed by atoms with Gasteiger partial charge in [-0.2, -0.15) is 0 Å². The number of hydrogen-bond donors (Lipinski definition) is 2. The van der Waals surface area contributed by atoms with Gasteiger partial charge in [0.05, 0.1) is 0 Å². The van der Waals surface area contributed by atoms with E-state index in [0.29, 0.717) is 12.5 Å².